The van der Waals surface area contributed by atoms with Gasteiger partial charge in [-0.15, -0.1) is 0 Å². The van der Waals surface area contributed by atoms with Crippen LogP contribution in [0.5, 0.6) is 0 Å². The lowest BCUT2D eigenvalue weighted by Gasteiger charge is -2.37. The van der Waals surface area contributed by atoms with Gasteiger partial charge in [0.25, 0.3) is 0 Å². The van der Waals surface area contributed by atoms with Crippen molar-refractivity contribution in [3.63, 3.8) is 0 Å². The van der Waals surface area contributed by atoms with Crippen LogP contribution in [0.3, 0.4) is 0 Å². The van der Waals surface area contributed by atoms with Gasteiger partial charge in [0, 0.05) is 11.6 Å². The van der Waals surface area contributed by atoms with Crippen LogP contribution in [0.1, 0.15) is 42.5 Å². The van der Waals surface area contributed by atoms with E-state index < -0.39 is 5.97 Å². The number of carboxylic acids is 1. The van der Waals surface area contributed by atoms with Gasteiger partial charge in [0.1, 0.15) is 0 Å². The number of carboxylic acid groups (broad SMARTS) is 1. The molecule has 3 nitrogen and oxygen atoms in total. The zero-order chi connectivity index (χ0) is 17.8. The van der Waals surface area contributed by atoms with Gasteiger partial charge in [-0.25, -0.2) is 0 Å². The molecule has 2 atom stereocenters. The Kier molecular flexibility index (Phi) is 5.77. The Morgan fingerprint density at radius 1 is 1.16 bits per heavy atom. The summed E-state index contributed by atoms with van der Waals surface area (Å²) >= 11 is 6.06. The van der Waals surface area contributed by atoms with Crippen molar-refractivity contribution in [3.8, 4) is 0 Å². The third-order valence-corrected chi connectivity index (χ3v) is 5.31. The van der Waals surface area contributed by atoms with Gasteiger partial charge in [0.05, 0.1) is 12.0 Å². The van der Waals surface area contributed by atoms with E-state index in [1.165, 1.54) is 11.1 Å². The summed E-state index contributed by atoms with van der Waals surface area (Å²) in [4.78, 5) is 13.8. The zero-order valence-electron chi connectivity index (χ0n) is 14.5. The highest BCUT2D eigenvalue weighted by Gasteiger charge is 2.31. The second-order valence-electron chi connectivity index (χ2n) is 6.72. The summed E-state index contributed by atoms with van der Waals surface area (Å²) in [7, 11) is 0. The second kappa shape index (κ2) is 8.03. The topological polar surface area (TPSA) is 40.5 Å². The fourth-order valence-corrected chi connectivity index (χ4v) is 3.76. The molecule has 4 heteroatoms. The minimum absolute atomic E-state index is 0.0605. The molecule has 1 fully saturated rings. The smallest absolute Gasteiger partial charge is 0.307 e. The molecule has 3 rings (SSSR count). The maximum Gasteiger partial charge on any atom is 0.307 e. The zero-order valence-corrected chi connectivity index (χ0v) is 15.2. The Morgan fingerprint density at radius 3 is 2.32 bits per heavy atom. The molecule has 2 unspecified atom stereocenters. The van der Waals surface area contributed by atoms with Gasteiger partial charge in [0.15, 0.2) is 0 Å². The summed E-state index contributed by atoms with van der Waals surface area (Å²) in [5.74, 6) is -0.987. The molecule has 2 aromatic carbocycles. The summed E-state index contributed by atoms with van der Waals surface area (Å²) in [5.41, 5.74) is 3.66. The maximum absolute atomic E-state index is 11.5. The van der Waals surface area contributed by atoms with Gasteiger partial charge < -0.3 is 5.11 Å². The van der Waals surface area contributed by atoms with Crippen molar-refractivity contribution in [2.75, 3.05) is 13.1 Å². The number of carbonyl (C=O) groups is 1. The van der Waals surface area contributed by atoms with Gasteiger partial charge in [-0.1, -0.05) is 54.9 Å². The van der Waals surface area contributed by atoms with Crippen LogP contribution in [-0.4, -0.2) is 29.1 Å². The lowest BCUT2D eigenvalue weighted by atomic mass is 9.91. The van der Waals surface area contributed by atoms with Crippen LogP contribution in [0.25, 0.3) is 0 Å². The highest BCUT2D eigenvalue weighted by Crippen LogP contribution is 2.33. The molecule has 1 aliphatic heterocycles. The molecule has 1 aliphatic rings. The average molecular weight is 358 g/mol. The van der Waals surface area contributed by atoms with Crippen molar-refractivity contribution in [1.29, 1.82) is 0 Å². The van der Waals surface area contributed by atoms with E-state index in [0.29, 0.717) is 11.6 Å². The fourth-order valence-electron chi connectivity index (χ4n) is 3.64. The van der Waals surface area contributed by atoms with Crippen LogP contribution in [-0.2, 0) is 11.2 Å². The molecule has 0 radical (unpaired) electrons. The minimum Gasteiger partial charge on any atom is -0.481 e. The number of rotatable bonds is 5. The van der Waals surface area contributed by atoms with Crippen molar-refractivity contribution in [2.24, 2.45) is 5.92 Å². The van der Waals surface area contributed by atoms with Crippen LogP contribution in [0.15, 0.2) is 48.5 Å². The van der Waals surface area contributed by atoms with Crippen LogP contribution in [0, 0.1) is 5.92 Å². The number of nitrogens with zero attached hydrogens (tertiary/aromatic N) is 1. The van der Waals surface area contributed by atoms with Crippen molar-refractivity contribution in [1.82, 2.24) is 4.90 Å². The Labute approximate surface area is 154 Å². The number of halogens is 1. The molecular formula is C21H24ClNO2. The van der Waals surface area contributed by atoms with E-state index in [4.69, 9.17) is 11.6 Å². The van der Waals surface area contributed by atoms with Crippen LogP contribution in [0.4, 0.5) is 0 Å². The monoisotopic (exact) mass is 357 g/mol. The van der Waals surface area contributed by atoms with Crippen molar-refractivity contribution >= 4 is 17.6 Å². The molecule has 0 amide bonds. The fraction of sp³-hybridized carbons (Fsp3) is 0.381. The summed E-state index contributed by atoms with van der Waals surface area (Å²) in [5, 5.41) is 10.2. The second-order valence-corrected chi connectivity index (χ2v) is 7.16. The van der Waals surface area contributed by atoms with Crippen LogP contribution >= 0.6 is 11.6 Å². The quantitative estimate of drug-likeness (QED) is 0.836. The largest absolute Gasteiger partial charge is 0.481 e. The average Bonchev–Trinajstić information content (AvgIpc) is 2.64. The first-order valence-corrected chi connectivity index (χ1v) is 9.27. The van der Waals surface area contributed by atoms with E-state index in [1.54, 1.807) is 0 Å². The number of benzene rings is 2. The van der Waals surface area contributed by atoms with Crippen molar-refractivity contribution in [3.05, 3.63) is 70.2 Å². The Hall–Kier alpha value is -1.84. The normalized spacial score (nSPS) is 19.5. The molecule has 1 heterocycles. The van der Waals surface area contributed by atoms with Gasteiger partial charge in [-0.2, -0.15) is 0 Å². The number of hydrogen-bond acceptors (Lipinski definition) is 2. The molecule has 1 N–H and O–H groups in total. The number of aliphatic carboxylic acids is 1. The number of piperidine rings is 1. The Bertz CT molecular complexity index is 712. The molecule has 2 aromatic rings. The highest BCUT2D eigenvalue weighted by molar-refractivity contribution is 6.30. The summed E-state index contributed by atoms with van der Waals surface area (Å²) in [6, 6.07) is 16.6. The van der Waals surface area contributed by atoms with Crippen molar-refractivity contribution in [2.45, 2.75) is 32.2 Å². The summed E-state index contributed by atoms with van der Waals surface area (Å²) in [6.07, 6.45) is 2.68. The Morgan fingerprint density at radius 2 is 1.76 bits per heavy atom. The van der Waals surface area contributed by atoms with Gasteiger partial charge >= 0.3 is 5.97 Å². The molecule has 0 spiro atoms. The van der Waals surface area contributed by atoms with Crippen LogP contribution < -0.4 is 0 Å². The third-order valence-electron chi connectivity index (χ3n) is 5.06. The third kappa shape index (κ3) is 4.23. The first-order chi connectivity index (χ1) is 12.1. The molecule has 25 heavy (non-hydrogen) atoms. The summed E-state index contributed by atoms with van der Waals surface area (Å²) < 4.78 is 0. The molecule has 132 valence electrons. The minimum atomic E-state index is -0.694. The maximum atomic E-state index is 11.5. The number of hydrogen-bond donors (Lipinski definition) is 1. The van der Waals surface area contributed by atoms with Crippen molar-refractivity contribution < 1.29 is 9.90 Å². The van der Waals surface area contributed by atoms with E-state index in [0.717, 1.165) is 31.4 Å². The SMILES string of the molecule is CCc1ccc(C(c2ccc(Cl)cc2)N2CCCC(C(=O)O)C2)cc1. The predicted molar refractivity (Wildman–Crippen MR) is 101 cm³/mol. The molecule has 0 bridgehead atoms. The molecule has 0 saturated carbocycles. The van der Waals surface area contributed by atoms with Gasteiger partial charge in [0.2, 0.25) is 0 Å². The first kappa shape index (κ1) is 18.0. The van der Waals surface area contributed by atoms with E-state index >= 15 is 0 Å². The first-order valence-electron chi connectivity index (χ1n) is 8.89. The van der Waals surface area contributed by atoms with E-state index in [1.807, 2.05) is 24.3 Å². The molecule has 0 aromatic heterocycles. The molecule has 1 saturated heterocycles. The Balaban J connectivity index is 1.95. The number of aryl methyl sites for hydroxylation is 1. The van der Waals surface area contributed by atoms with Gasteiger partial charge in [-0.05, 0) is 54.6 Å². The van der Waals surface area contributed by atoms with E-state index in [-0.39, 0.29) is 12.0 Å². The lowest BCUT2D eigenvalue weighted by Crippen LogP contribution is -2.41. The van der Waals surface area contributed by atoms with Gasteiger partial charge in [-0.3, -0.25) is 9.69 Å². The standard InChI is InChI=1S/C21H24ClNO2/c1-2-15-5-7-16(8-6-15)20(17-9-11-19(22)12-10-17)23-13-3-4-18(14-23)21(24)25/h5-12,18,20H,2-4,13-14H2,1H3,(H,24,25). The van der Waals surface area contributed by atoms with Crippen LogP contribution in [0.2, 0.25) is 5.02 Å². The van der Waals surface area contributed by atoms with E-state index in [9.17, 15) is 9.90 Å². The predicted octanol–water partition coefficient (Wildman–Crippen LogP) is 4.79. The lowest BCUT2D eigenvalue weighted by molar-refractivity contribution is -0.143. The molecular weight excluding hydrogens is 334 g/mol. The highest BCUT2D eigenvalue weighted by atomic mass is 35.5. The van der Waals surface area contributed by atoms with E-state index in [2.05, 4.69) is 36.1 Å². The number of likely N-dealkylation sites (tertiary alicyclic amines) is 1. The molecule has 0 aliphatic carbocycles. The summed E-state index contributed by atoms with van der Waals surface area (Å²) in [6.45, 7) is 3.64.